The summed E-state index contributed by atoms with van der Waals surface area (Å²) < 4.78 is 0. The molecule has 9 rings (SSSR count). The number of benzene rings is 4. The molecule has 5 heterocycles. The molecule has 8 nitrogen and oxygen atoms in total. The Morgan fingerprint density at radius 2 is 0.922 bits per heavy atom. The van der Waals surface area contributed by atoms with E-state index in [1.807, 2.05) is 79.1 Å². The molecule has 3 aliphatic heterocycles. The number of nitrogens with zero attached hydrogens (tertiary/aromatic N) is 8. The molecule has 0 bridgehead atoms. The van der Waals surface area contributed by atoms with E-state index >= 15 is 0 Å². The van der Waals surface area contributed by atoms with Crippen LogP contribution in [0, 0.1) is 38.2 Å². The zero-order valence-corrected chi connectivity index (χ0v) is 30.6. The van der Waals surface area contributed by atoms with Crippen molar-refractivity contribution in [3.8, 4) is 0 Å². The van der Waals surface area contributed by atoms with Crippen LogP contribution in [0.3, 0.4) is 0 Å². The Morgan fingerprint density at radius 1 is 0.490 bits per heavy atom. The first kappa shape index (κ1) is 34.1. The van der Waals surface area contributed by atoms with Gasteiger partial charge in [0, 0.05) is 55.2 Å². The van der Waals surface area contributed by atoms with E-state index in [1.165, 1.54) is 11.4 Å². The van der Waals surface area contributed by atoms with Crippen molar-refractivity contribution in [2.45, 2.75) is 12.8 Å². The minimum Gasteiger partial charge on any atom is -0.504 e. The topological polar surface area (TPSA) is 45.2 Å². The van der Waals surface area contributed by atoms with Crippen LogP contribution in [0.1, 0.15) is 12.8 Å². The van der Waals surface area contributed by atoms with E-state index in [0.717, 1.165) is 66.0 Å². The molecule has 2 aromatic heterocycles. The summed E-state index contributed by atoms with van der Waals surface area (Å²) in [6, 6.07) is 50.5. The number of unbranched alkanes of at least 4 members (excludes halogenated alkanes) is 1. The van der Waals surface area contributed by atoms with Gasteiger partial charge in [-0.25, -0.2) is 9.97 Å². The minimum absolute atomic E-state index is 0. The molecule has 1 radical (unpaired) electrons. The summed E-state index contributed by atoms with van der Waals surface area (Å²) >= 11 is 0. The largest absolute Gasteiger partial charge is 0.504 e. The predicted molar refractivity (Wildman–Crippen MR) is 202 cm³/mol. The fraction of sp³-hybridized carbons (Fsp3) is 0.119. The van der Waals surface area contributed by atoms with Crippen LogP contribution in [0.5, 0.6) is 0 Å². The Labute approximate surface area is 314 Å². The quantitative estimate of drug-likeness (QED) is 0.111. The smallest absolute Gasteiger partial charge is 0.124 e. The van der Waals surface area contributed by atoms with E-state index in [9.17, 15) is 0 Å². The third kappa shape index (κ3) is 7.13. The number of hydrogen-bond donors (Lipinski definition) is 0. The molecule has 259 valence electrons. The molecule has 3 aliphatic rings. The van der Waals surface area contributed by atoms with Crippen LogP contribution >= 0.6 is 0 Å². The molecule has 0 spiro atoms. The molecule has 0 saturated carbocycles. The molecule has 0 fully saturated rings. The zero-order chi connectivity index (χ0) is 33.7. The molecule has 0 amide bonds. The van der Waals surface area contributed by atoms with Crippen molar-refractivity contribution < 1.29 is 20.1 Å². The molecule has 0 N–H and O–H groups in total. The van der Waals surface area contributed by atoms with E-state index in [0.29, 0.717) is 0 Å². The summed E-state index contributed by atoms with van der Waals surface area (Å²) in [4.78, 5) is 22.3. The number of rotatable bonds is 8. The summed E-state index contributed by atoms with van der Waals surface area (Å²) in [6.07, 6.45) is 5.79. The van der Waals surface area contributed by atoms with Crippen LogP contribution < -0.4 is 29.4 Å². The van der Waals surface area contributed by atoms with Crippen molar-refractivity contribution in [3.63, 3.8) is 0 Å². The zero-order valence-electron chi connectivity index (χ0n) is 28.2. The van der Waals surface area contributed by atoms with Crippen LogP contribution in [0.25, 0.3) is 0 Å². The Morgan fingerprint density at radius 3 is 1.39 bits per heavy atom. The summed E-state index contributed by atoms with van der Waals surface area (Å²) in [5, 5.41) is 0. The second-order valence-corrected chi connectivity index (χ2v) is 12.1. The monoisotopic (exact) mass is 845 g/mol. The maximum atomic E-state index is 4.63. The van der Waals surface area contributed by atoms with Gasteiger partial charge >= 0.3 is 0 Å². The SMILES string of the molecule is CN1[CH-]N(c2[c-]cccc2)c2ccccc21.[Ir].[c-]1ccccc1N1[CH-]N(CCCCN2[CH-]N(c3[c-]cccc3)c3ncccc32)c2cccnc21. The fourth-order valence-corrected chi connectivity index (χ4v) is 6.44. The third-order valence-corrected chi connectivity index (χ3v) is 8.83. The standard InChI is InChI=1S/C28H24N6.C14H12N2.Ir/c1-3-11-23(12-4-1)33-21-31(25-15-9-17-29-27(25)33)19-7-8-20-32-22-34(24-13-5-2-6-14-24)28-26(32)16-10-18-30-28;1-15-11-16(12-7-3-2-4-8-12)14-10-6-5-9-13(14)15;/h1-6,9-11,13,15-18,21-22H,7-8,19-20H2;2-7,9-11H,1H3;/q-4;-2;. The summed E-state index contributed by atoms with van der Waals surface area (Å²) in [5.41, 5.74) is 7.75. The number of aromatic nitrogens is 2. The molecule has 51 heavy (non-hydrogen) atoms. The predicted octanol–water partition coefficient (Wildman–Crippen LogP) is 8.90. The van der Waals surface area contributed by atoms with Crippen molar-refractivity contribution >= 4 is 51.4 Å². The number of para-hydroxylation sites is 5. The van der Waals surface area contributed by atoms with E-state index in [4.69, 9.17) is 0 Å². The van der Waals surface area contributed by atoms with Crippen LogP contribution in [-0.4, -0.2) is 30.1 Å². The van der Waals surface area contributed by atoms with Crippen LogP contribution in [0.15, 0.2) is 134 Å². The van der Waals surface area contributed by atoms with Gasteiger partial charge < -0.3 is 29.4 Å². The maximum Gasteiger partial charge on any atom is 0.124 e. The second kappa shape index (κ2) is 15.7. The van der Waals surface area contributed by atoms with Gasteiger partial charge in [0.25, 0.3) is 0 Å². The van der Waals surface area contributed by atoms with Crippen LogP contribution in [-0.2, 0) is 20.1 Å². The first-order valence-electron chi connectivity index (χ1n) is 16.8. The van der Waals surface area contributed by atoms with Crippen molar-refractivity contribution in [3.05, 3.63) is 172 Å². The molecule has 0 unspecified atom stereocenters. The molecule has 0 atom stereocenters. The Hall–Kier alpha value is -5.37. The van der Waals surface area contributed by atoms with Crippen LogP contribution in [0.4, 0.5) is 51.4 Å². The van der Waals surface area contributed by atoms with Gasteiger partial charge in [-0.2, -0.15) is 111 Å². The normalized spacial score (nSPS) is 14.1. The van der Waals surface area contributed by atoms with Crippen molar-refractivity contribution in [1.29, 1.82) is 0 Å². The third-order valence-electron chi connectivity index (χ3n) is 8.83. The van der Waals surface area contributed by atoms with Crippen LogP contribution in [0.2, 0.25) is 0 Å². The molecular weight excluding hydrogens is 809 g/mol. The Balaban J connectivity index is 0.000000200. The summed E-state index contributed by atoms with van der Waals surface area (Å²) in [5.74, 6) is 1.90. The number of hydrogen-bond acceptors (Lipinski definition) is 8. The molecule has 0 aliphatic carbocycles. The average molecular weight is 845 g/mol. The van der Waals surface area contributed by atoms with Gasteiger partial charge in [-0.3, -0.25) is 0 Å². The van der Waals surface area contributed by atoms with Gasteiger partial charge in [-0.15, -0.1) is 17.1 Å². The number of pyridine rings is 2. The average Bonchev–Trinajstić information content (AvgIpc) is 3.86. The minimum atomic E-state index is 0. The van der Waals surface area contributed by atoms with Gasteiger partial charge in [0.05, 0.1) is 0 Å². The molecule has 9 heteroatoms. The van der Waals surface area contributed by atoms with E-state index in [2.05, 4.69) is 139 Å². The second-order valence-electron chi connectivity index (χ2n) is 12.1. The molecular formula is C42H36IrN8-6. The van der Waals surface area contributed by atoms with Crippen molar-refractivity contribution in [1.82, 2.24) is 9.97 Å². The van der Waals surface area contributed by atoms with Gasteiger partial charge in [0.1, 0.15) is 11.6 Å². The molecule has 0 saturated heterocycles. The van der Waals surface area contributed by atoms with Gasteiger partial charge in [0.2, 0.25) is 0 Å². The summed E-state index contributed by atoms with van der Waals surface area (Å²) in [7, 11) is 2.06. The maximum absolute atomic E-state index is 4.63. The van der Waals surface area contributed by atoms with E-state index in [1.54, 1.807) is 0 Å². The van der Waals surface area contributed by atoms with Gasteiger partial charge in [-0.1, -0.05) is 12.1 Å². The fourth-order valence-electron chi connectivity index (χ4n) is 6.44. The van der Waals surface area contributed by atoms with Gasteiger partial charge in [-0.05, 0) is 69.4 Å². The van der Waals surface area contributed by atoms with E-state index in [-0.39, 0.29) is 20.1 Å². The van der Waals surface area contributed by atoms with E-state index < -0.39 is 0 Å². The summed E-state index contributed by atoms with van der Waals surface area (Å²) in [6.45, 7) is 8.20. The Bertz CT molecular complexity index is 1910. The number of fused-ring (bicyclic) bond motifs is 3. The van der Waals surface area contributed by atoms with Crippen molar-refractivity contribution in [2.24, 2.45) is 0 Å². The van der Waals surface area contributed by atoms with Crippen molar-refractivity contribution in [2.75, 3.05) is 49.5 Å². The first-order chi connectivity index (χ1) is 24.7. The van der Waals surface area contributed by atoms with Gasteiger partial charge in [0.15, 0.2) is 0 Å². The molecule has 6 aromatic rings. The molecule has 4 aromatic carbocycles. The first-order valence-corrected chi connectivity index (χ1v) is 16.8. The number of anilines is 9. The Kier molecular flexibility index (Phi) is 10.5.